The fourth-order valence-corrected chi connectivity index (χ4v) is 4.97. The van der Waals surface area contributed by atoms with Crippen molar-refractivity contribution >= 4 is 0 Å². The normalized spacial score (nSPS) is 45.9. The van der Waals surface area contributed by atoms with Crippen molar-refractivity contribution < 1.29 is 14.9 Å². The maximum Gasteiger partial charge on any atom is 0.0981 e. The molecule has 0 unspecified atom stereocenters. The Hall–Kier alpha value is -0.380. The van der Waals surface area contributed by atoms with E-state index in [4.69, 9.17) is 4.74 Å². The maximum atomic E-state index is 10.8. The van der Waals surface area contributed by atoms with Crippen molar-refractivity contribution in [2.75, 3.05) is 0 Å². The van der Waals surface area contributed by atoms with Gasteiger partial charge >= 0.3 is 0 Å². The summed E-state index contributed by atoms with van der Waals surface area (Å²) in [5.74, 6) is 0.404. The van der Waals surface area contributed by atoms with Gasteiger partial charge in [-0.15, -0.1) is 0 Å². The average Bonchev–Trinajstić information content (AvgIpc) is 2.64. The highest BCUT2D eigenvalue weighted by Gasteiger charge is 2.67. The molecule has 0 amide bonds. The summed E-state index contributed by atoms with van der Waals surface area (Å²) in [6.07, 6.45) is 6.90. The van der Waals surface area contributed by atoms with Gasteiger partial charge in [-0.25, -0.2) is 0 Å². The van der Waals surface area contributed by atoms with Crippen molar-refractivity contribution in [3.63, 3.8) is 0 Å². The van der Waals surface area contributed by atoms with Gasteiger partial charge in [0.25, 0.3) is 0 Å². The van der Waals surface area contributed by atoms with Crippen LogP contribution < -0.4 is 0 Å². The first-order chi connectivity index (χ1) is 9.75. The molecule has 5 atom stereocenters. The number of fused-ring (bicyclic) bond motifs is 1. The van der Waals surface area contributed by atoms with Crippen LogP contribution in [0.1, 0.15) is 66.2 Å². The molecule has 3 aliphatic rings. The van der Waals surface area contributed by atoms with Crippen molar-refractivity contribution in [2.45, 2.75) is 89.6 Å². The molecule has 0 radical (unpaired) electrons. The van der Waals surface area contributed by atoms with Gasteiger partial charge < -0.3 is 14.9 Å². The Kier molecular flexibility index (Phi) is 3.55. The van der Waals surface area contributed by atoms with Crippen LogP contribution in [-0.4, -0.2) is 33.6 Å². The smallest absolute Gasteiger partial charge is 0.0981 e. The van der Waals surface area contributed by atoms with E-state index in [1.54, 1.807) is 0 Å². The van der Waals surface area contributed by atoms with Crippen molar-refractivity contribution in [1.82, 2.24) is 0 Å². The molecule has 3 rings (SSSR count). The monoisotopic (exact) mass is 294 g/mol. The van der Waals surface area contributed by atoms with Gasteiger partial charge in [0.05, 0.1) is 23.4 Å². The van der Waals surface area contributed by atoms with Crippen molar-refractivity contribution in [1.29, 1.82) is 0 Å². The van der Waals surface area contributed by atoms with E-state index >= 15 is 0 Å². The first kappa shape index (κ1) is 15.5. The Morgan fingerprint density at radius 2 is 2.10 bits per heavy atom. The molecular formula is C18H30O3. The van der Waals surface area contributed by atoms with Crippen LogP contribution in [0.4, 0.5) is 0 Å². The summed E-state index contributed by atoms with van der Waals surface area (Å²) < 4.78 is 6.66. The molecule has 1 saturated carbocycles. The molecule has 3 heteroatoms. The van der Waals surface area contributed by atoms with Crippen LogP contribution in [0.15, 0.2) is 11.6 Å². The molecule has 0 aromatic carbocycles. The molecule has 2 N–H and O–H groups in total. The summed E-state index contributed by atoms with van der Waals surface area (Å²) in [7, 11) is 0. The number of rotatable bonds is 3. The van der Waals surface area contributed by atoms with E-state index in [2.05, 4.69) is 26.8 Å². The van der Waals surface area contributed by atoms with Crippen LogP contribution in [0, 0.1) is 11.3 Å². The average molecular weight is 294 g/mol. The number of aliphatic hydroxyl groups is 2. The van der Waals surface area contributed by atoms with Gasteiger partial charge in [0.2, 0.25) is 0 Å². The van der Waals surface area contributed by atoms with Crippen molar-refractivity contribution in [3.8, 4) is 0 Å². The number of aliphatic hydroxyl groups excluding tert-OH is 2. The zero-order valence-corrected chi connectivity index (χ0v) is 13.9. The van der Waals surface area contributed by atoms with Gasteiger partial charge in [-0.05, 0) is 63.9 Å². The SMILES string of the molecule is CC[C@H](O)CC1=CCC[C@@]2(C)[C@H](O)C[C@@H]3C[C@]12OC3(C)C. The maximum absolute atomic E-state index is 10.8. The molecule has 2 fully saturated rings. The first-order valence-electron chi connectivity index (χ1n) is 8.51. The van der Waals surface area contributed by atoms with Crippen LogP contribution in [0.2, 0.25) is 0 Å². The van der Waals surface area contributed by atoms with Crippen LogP contribution in [0.5, 0.6) is 0 Å². The van der Waals surface area contributed by atoms with Crippen molar-refractivity contribution in [2.24, 2.45) is 11.3 Å². The highest BCUT2D eigenvalue weighted by Crippen LogP contribution is 2.65. The summed E-state index contributed by atoms with van der Waals surface area (Å²) >= 11 is 0. The van der Waals surface area contributed by atoms with Gasteiger partial charge in [-0.1, -0.05) is 19.9 Å². The van der Waals surface area contributed by atoms with Gasteiger partial charge in [-0.2, -0.15) is 0 Å². The minimum absolute atomic E-state index is 0.188. The number of hydrogen-bond acceptors (Lipinski definition) is 3. The second-order valence-corrected chi connectivity index (χ2v) is 8.14. The summed E-state index contributed by atoms with van der Waals surface area (Å²) in [5, 5.41) is 21.0. The van der Waals surface area contributed by atoms with Crippen LogP contribution >= 0.6 is 0 Å². The zero-order valence-electron chi connectivity index (χ0n) is 13.9. The predicted octanol–water partition coefficient (Wildman–Crippen LogP) is 3.19. The molecule has 2 aliphatic carbocycles. The van der Waals surface area contributed by atoms with Gasteiger partial charge in [0.15, 0.2) is 0 Å². The molecule has 120 valence electrons. The Labute approximate surface area is 128 Å². The van der Waals surface area contributed by atoms with E-state index in [9.17, 15) is 10.2 Å². The molecule has 0 aromatic rings. The van der Waals surface area contributed by atoms with Crippen LogP contribution in [-0.2, 0) is 4.74 Å². The Morgan fingerprint density at radius 1 is 1.38 bits per heavy atom. The van der Waals surface area contributed by atoms with Gasteiger partial charge in [0, 0.05) is 5.41 Å². The minimum atomic E-state index is -0.368. The Bertz CT molecular complexity index is 455. The Morgan fingerprint density at radius 3 is 2.76 bits per heavy atom. The lowest BCUT2D eigenvalue weighted by molar-refractivity contribution is -0.164. The first-order valence-corrected chi connectivity index (χ1v) is 8.51. The van der Waals surface area contributed by atoms with Crippen LogP contribution in [0.25, 0.3) is 0 Å². The summed E-state index contributed by atoms with van der Waals surface area (Å²) in [6.45, 7) is 8.53. The van der Waals surface area contributed by atoms with E-state index < -0.39 is 0 Å². The molecule has 2 bridgehead atoms. The predicted molar refractivity (Wildman–Crippen MR) is 83.0 cm³/mol. The highest BCUT2D eigenvalue weighted by molar-refractivity contribution is 5.33. The highest BCUT2D eigenvalue weighted by atomic mass is 16.5. The zero-order chi connectivity index (χ0) is 15.5. The van der Waals surface area contributed by atoms with Crippen LogP contribution in [0.3, 0.4) is 0 Å². The molecular weight excluding hydrogens is 264 g/mol. The number of hydrogen-bond donors (Lipinski definition) is 2. The standard InChI is InChI=1S/C18H30O3/c1-5-14(19)9-12-7-6-8-17(4)15(20)10-13-11-18(12,17)21-16(13,2)3/h7,13-15,19-20H,5-6,8-11H2,1-4H3/t13-,14+,15-,17+,18+/m1/s1. The fraction of sp³-hybridized carbons (Fsp3) is 0.889. The lowest BCUT2D eigenvalue weighted by Crippen LogP contribution is -2.58. The number of ether oxygens (including phenoxy) is 1. The van der Waals surface area contributed by atoms with E-state index in [0.717, 1.165) is 32.1 Å². The van der Waals surface area contributed by atoms with Gasteiger partial charge in [-0.3, -0.25) is 0 Å². The van der Waals surface area contributed by atoms with E-state index in [1.807, 2.05) is 6.92 Å². The fourth-order valence-electron chi connectivity index (χ4n) is 4.97. The third-order valence-electron chi connectivity index (χ3n) is 6.62. The quantitative estimate of drug-likeness (QED) is 0.786. The Balaban J connectivity index is 2.03. The summed E-state index contributed by atoms with van der Waals surface area (Å²) in [4.78, 5) is 0. The second kappa shape index (κ2) is 4.81. The lowest BCUT2D eigenvalue weighted by atomic mass is 9.53. The molecule has 1 saturated heterocycles. The molecule has 1 aliphatic heterocycles. The molecule has 1 spiro atoms. The van der Waals surface area contributed by atoms with Gasteiger partial charge in [0.1, 0.15) is 0 Å². The molecule has 3 nitrogen and oxygen atoms in total. The third-order valence-corrected chi connectivity index (χ3v) is 6.62. The topological polar surface area (TPSA) is 49.7 Å². The lowest BCUT2D eigenvalue weighted by Gasteiger charge is -2.54. The minimum Gasteiger partial charge on any atom is -0.393 e. The molecule has 1 heterocycles. The van der Waals surface area contributed by atoms with Crippen molar-refractivity contribution in [3.05, 3.63) is 11.6 Å². The molecule has 0 aromatic heterocycles. The molecule has 21 heavy (non-hydrogen) atoms. The third kappa shape index (κ3) is 2.04. The summed E-state index contributed by atoms with van der Waals surface area (Å²) in [6, 6.07) is 0. The van der Waals surface area contributed by atoms with E-state index in [1.165, 1.54) is 5.57 Å². The second-order valence-electron chi connectivity index (χ2n) is 8.14. The summed E-state index contributed by atoms with van der Waals surface area (Å²) in [5.41, 5.74) is 0.467. The largest absolute Gasteiger partial charge is 0.393 e. The van der Waals surface area contributed by atoms with E-state index in [-0.39, 0.29) is 28.8 Å². The van der Waals surface area contributed by atoms with E-state index in [0.29, 0.717) is 12.3 Å². The number of allylic oxidation sites excluding steroid dienone is 1.